The van der Waals surface area contributed by atoms with E-state index >= 15 is 0 Å². The van der Waals surface area contributed by atoms with Crippen LogP contribution in [0.2, 0.25) is 5.02 Å². The van der Waals surface area contributed by atoms with Gasteiger partial charge in [0.1, 0.15) is 5.75 Å². The van der Waals surface area contributed by atoms with Crippen LogP contribution in [-0.2, 0) is 4.79 Å². The molecular formula is C11H16Cl2N2O2. The van der Waals surface area contributed by atoms with E-state index in [1.54, 1.807) is 31.2 Å². The first-order valence-electron chi connectivity index (χ1n) is 5.03. The number of benzene rings is 1. The van der Waals surface area contributed by atoms with Gasteiger partial charge in [-0.2, -0.15) is 0 Å². The van der Waals surface area contributed by atoms with Crippen molar-refractivity contribution in [1.29, 1.82) is 0 Å². The fraction of sp³-hybridized carbons (Fsp3) is 0.364. The Morgan fingerprint density at radius 1 is 1.59 bits per heavy atom. The maximum absolute atomic E-state index is 11.5. The van der Waals surface area contributed by atoms with Crippen molar-refractivity contribution in [1.82, 2.24) is 5.32 Å². The highest BCUT2D eigenvalue weighted by atomic mass is 35.5. The van der Waals surface area contributed by atoms with E-state index in [0.717, 1.165) is 0 Å². The van der Waals surface area contributed by atoms with Crippen LogP contribution in [0.1, 0.15) is 6.92 Å². The van der Waals surface area contributed by atoms with Gasteiger partial charge in [0.25, 0.3) is 5.91 Å². The van der Waals surface area contributed by atoms with Gasteiger partial charge in [-0.15, -0.1) is 12.4 Å². The maximum Gasteiger partial charge on any atom is 0.260 e. The van der Waals surface area contributed by atoms with E-state index in [-0.39, 0.29) is 18.3 Å². The second-order valence-electron chi connectivity index (χ2n) is 3.30. The van der Waals surface area contributed by atoms with E-state index in [1.807, 2.05) is 0 Å². The maximum atomic E-state index is 11.5. The number of nitrogens with two attached hydrogens (primary N) is 1. The Morgan fingerprint density at radius 2 is 2.29 bits per heavy atom. The monoisotopic (exact) mass is 278 g/mol. The molecule has 1 aromatic carbocycles. The number of carbonyl (C=O) groups excluding carboxylic acids is 1. The highest BCUT2D eigenvalue weighted by molar-refractivity contribution is 6.30. The molecule has 3 N–H and O–H groups in total. The van der Waals surface area contributed by atoms with Crippen molar-refractivity contribution in [2.75, 3.05) is 13.1 Å². The van der Waals surface area contributed by atoms with Crippen molar-refractivity contribution >= 4 is 29.9 Å². The first-order valence-corrected chi connectivity index (χ1v) is 5.41. The van der Waals surface area contributed by atoms with Crippen LogP contribution >= 0.6 is 24.0 Å². The lowest BCUT2D eigenvalue weighted by Gasteiger charge is -2.14. The molecule has 0 saturated carbocycles. The quantitative estimate of drug-likeness (QED) is 0.860. The predicted molar refractivity (Wildman–Crippen MR) is 70.9 cm³/mol. The van der Waals surface area contributed by atoms with Crippen molar-refractivity contribution < 1.29 is 9.53 Å². The van der Waals surface area contributed by atoms with Gasteiger partial charge in [-0.05, 0) is 25.1 Å². The smallest absolute Gasteiger partial charge is 0.260 e. The van der Waals surface area contributed by atoms with Gasteiger partial charge < -0.3 is 15.8 Å². The summed E-state index contributed by atoms with van der Waals surface area (Å²) >= 11 is 5.79. The second-order valence-corrected chi connectivity index (χ2v) is 3.73. The molecule has 17 heavy (non-hydrogen) atoms. The zero-order chi connectivity index (χ0) is 12.0. The fourth-order valence-corrected chi connectivity index (χ4v) is 1.32. The number of carbonyl (C=O) groups is 1. The van der Waals surface area contributed by atoms with Crippen LogP contribution in [0.4, 0.5) is 0 Å². The summed E-state index contributed by atoms with van der Waals surface area (Å²) in [5, 5.41) is 3.22. The Balaban J connectivity index is 0.00000256. The zero-order valence-electron chi connectivity index (χ0n) is 9.48. The lowest BCUT2D eigenvalue weighted by Crippen LogP contribution is -2.38. The van der Waals surface area contributed by atoms with Gasteiger partial charge in [0, 0.05) is 18.1 Å². The summed E-state index contributed by atoms with van der Waals surface area (Å²) in [5.41, 5.74) is 5.28. The van der Waals surface area contributed by atoms with Crippen molar-refractivity contribution in [3.05, 3.63) is 29.3 Å². The SMILES string of the molecule is CC(Oc1cccc(Cl)c1)C(=O)NCCN.Cl. The summed E-state index contributed by atoms with van der Waals surface area (Å²) in [5.74, 6) is 0.383. The molecule has 1 aromatic rings. The van der Waals surface area contributed by atoms with Crippen LogP contribution in [0.15, 0.2) is 24.3 Å². The molecule has 4 nitrogen and oxygen atoms in total. The second kappa shape index (κ2) is 8.17. The van der Waals surface area contributed by atoms with Crippen LogP contribution < -0.4 is 15.8 Å². The van der Waals surface area contributed by atoms with Gasteiger partial charge in [-0.25, -0.2) is 0 Å². The van der Waals surface area contributed by atoms with E-state index in [9.17, 15) is 4.79 Å². The average molecular weight is 279 g/mol. The first kappa shape index (κ1) is 16.0. The number of rotatable bonds is 5. The van der Waals surface area contributed by atoms with Gasteiger partial charge >= 0.3 is 0 Å². The molecule has 1 unspecified atom stereocenters. The van der Waals surface area contributed by atoms with Crippen LogP contribution in [-0.4, -0.2) is 25.1 Å². The van der Waals surface area contributed by atoms with Gasteiger partial charge in [0.05, 0.1) is 0 Å². The minimum absolute atomic E-state index is 0. The standard InChI is InChI=1S/C11H15ClN2O2.ClH/c1-8(11(15)14-6-5-13)16-10-4-2-3-9(12)7-10;/h2-4,7-8H,5-6,13H2,1H3,(H,14,15);1H. The number of halogens is 2. The van der Waals surface area contributed by atoms with Crippen molar-refractivity contribution in [2.45, 2.75) is 13.0 Å². The highest BCUT2D eigenvalue weighted by Gasteiger charge is 2.13. The van der Waals surface area contributed by atoms with E-state index < -0.39 is 6.10 Å². The van der Waals surface area contributed by atoms with Crippen LogP contribution in [0.3, 0.4) is 0 Å². The molecule has 1 atom stereocenters. The minimum atomic E-state index is -0.565. The van der Waals surface area contributed by atoms with Gasteiger partial charge in [0.15, 0.2) is 6.10 Å². The van der Waals surface area contributed by atoms with E-state index in [1.165, 1.54) is 0 Å². The van der Waals surface area contributed by atoms with Crippen LogP contribution in [0, 0.1) is 0 Å². The topological polar surface area (TPSA) is 64.3 Å². The number of hydrogen-bond acceptors (Lipinski definition) is 3. The summed E-state index contributed by atoms with van der Waals surface area (Å²) in [6.45, 7) is 2.53. The molecule has 0 bridgehead atoms. The fourth-order valence-electron chi connectivity index (χ4n) is 1.14. The Morgan fingerprint density at radius 3 is 2.88 bits per heavy atom. The summed E-state index contributed by atoms with van der Waals surface area (Å²) in [7, 11) is 0. The van der Waals surface area contributed by atoms with E-state index in [2.05, 4.69) is 5.32 Å². The van der Waals surface area contributed by atoms with Crippen LogP contribution in [0.5, 0.6) is 5.75 Å². The van der Waals surface area contributed by atoms with E-state index in [0.29, 0.717) is 23.9 Å². The number of nitrogens with one attached hydrogen (secondary N) is 1. The molecule has 0 radical (unpaired) electrons. The summed E-state index contributed by atoms with van der Waals surface area (Å²) in [4.78, 5) is 11.5. The molecule has 0 saturated heterocycles. The lowest BCUT2D eigenvalue weighted by molar-refractivity contribution is -0.127. The van der Waals surface area contributed by atoms with Crippen molar-refractivity contribution in [3.63, 3.8) is 0 Å². The average Bonchev–Trinajstić information content (AvgIpc) is 2.25. The van der Waals surface area contributed by atoms with Gasteiger partial charge in [-0.1, -0.05) is 17.7 Å². The first-order chi connectivity index (χ1) is 7.63. The molecule has 0 fully saturated rings. The largest absolute Gasteiger partial charge is 0.481 e. The molecule has 0 aliphatic carbocycles. The van der Waals surface area contributed by atoms with Gasteiger partial charge in [0.2, 0.25) is 0 Å². The third-order valence-electron chi connectivity index (χ3n) is 1.92. The zero-order valence-corrected chi connectivity index (χ0v) is 11.1. The Bertz CT molecular complexity index is 361. The third-order valence-corrected chi connectivity index (χ3v) is 2.16. The highest BCUT2D eigenvalue weighted by Crippen LogP contribution is 2.18. The normalized spacial score (nSPS) is 11.2. The molecule has 0 heterocycles. The molecule has 96 valence electrons. The Kier molecular flexibility index (Phi) is 7.70. The summed E-state index contributed by atoms with van der Waals surface area (Å²) in [6, 6.07) is 6.92. The predicted octanol–water partition coefficient (Wildman–Crippen LogP) is 1.60. The molecule has 1 amide bonds. The number of hydrogen-bond donors (Lipinski definition) is 2. The number of ether oxygens (including phenoxy) is 1. The van der Waals surface area contributed by atoms with Crippen molar-refractivity contribution in [2.24, 2.45) is 5.73 Å². The minimum Gasteiger partial charge on any atom is -0.481 e. The molecule has 0 spiro atoms. The Hall–Kier alpha value is -0.970. The molecule has 6 heteroatoms. The van der Waals surface area contributed by atoms with E-state index in [4.69, 9.17) is 22.1 Å². The summed E-state index contributed by atoms with van der Waals surface area (Å²) in [6.07, 6.45) is -0.565. The molecule has 0 aromatic heterocycles. The van der Waals surface area contributed by atoms with Gasteiger partial charge in [-0.3, -0.25) is 4.79 Å². The Labute approximate surface area is 112 Å². The number of amides is 1. The van der Waals surface area contributed by atoms with Crippen LogP contribution in [0.25, 0.3) is 0 Å². The third kappa shape index (κ3) is 5.77. The summed E-state index contributed by atoms with van der Waals surface area (Å²) < 4.78 is 5.42. The van der Waals surface area contributed by atoms with Crippen molar-refractivity contribution in [3.8, 4) is 5.75 Å². The molecule has 0 aliphatic rings. The molecular weight excluding hydrogens is 263 g/mol. The lowest BCUT2D eigenvalue weighted by atomic mass is 10.3. The molecule has 0 aliphatic heterocycles. The molecule has 1 rings (SSSR count).